The molecular weight excluding hydrogens is 390 g/mol. The van der Waals surface area contributed by atoms with Crippen LogP contribution in [0.15, 0.2) is 59.7 Å². The molecule has 7 heteroatoms. The molecule has 4 aromatic rings. The molecule has 3 aromatic heterocycles. The molecule has 1 aliphatic heterocycles. The van der Waals surface area contributed by atoms with Gasteiger partial charge in [-0.25, -0.2) is 5.10 Å². The van der Waals surface area contributed by atoms with E-state index in [0.29, 0.717) is 11.3 Å². The van der Waals surface area contributed by atoms with Crippen molar-refractivity contribution in [1.82, 2.24) is 25.1 Å². The minimum Gasteiger partial charge on any atom is -0.373 e. The molecule has 158 valence electrons. The Morgan fingerprint density at radius 3 is 2.61 bits per heavy atom. The molecule has 5 rings (SSSR count). The number of rotatable bonds is 4. The maximum atomic E-state index is 12.5. The number of pyridine rings is 1. The van der Waals surface area contributed by atoms with Crippen LogP contribution >= 0.6 is 0 Å². The molecule has 1 aromatic carbocycles. The lowest BCUT2D eigenvalue weighted by atomic mass is 10.1. The first-order valence-corrected chi connectivity index (χ1v) is 10.5. The van der Waals surface area contributed by atoms with Crippen molar-refractivity contribution in [1.29, 1.82) is 0 Å². The second-order valence-corrected chi connectivity index (χ2v) is 8.29. The molecule has 4 heterocycles. The summed E-state index contributed by atoms with van der Waals surface area (Å²) < 4.78 is 5.84. The average Bonchev–Trinajstić information content (AvgIpc) is 3.17. The van der Waals surface area contributed by atoms with Gasteiger partial charge in [-0.1, -0.05) is 6.07 Å². The molecule has 0 spiro atoms. The Kier molecular flexibility index (Phi) is 5.13. The Bertz CT molecular complexity index is 1250. The van der Waals surface area contributed by atoms with Gasteiger partial charge in [0.25, 0.3) is 5.56 Å². The molecule has 0 radical (unpaired) electrons. The zero-order valence-corrected chi connectivity index (χ0v) is 17.6. The molecule has 1 aliphatic rings. The van der Waals surface area contributed by atoms with Crippen molar-refractivity contribution in [2.75, 3.05) is 13.1 Å². The second kappa shape index (κ2) is 8.09. The van der Waals surface area contributed by atoms with Crippen molar-refractivity contribution in [2.45, 2.75) is 32.6 Å². The highest BCUT2D eigenvalue weighted by Crippen LogP contribution is 2.26. The number of fused-ring (bicyclic) bond motifs is 1. The zero-order valence-electron chi connectivity index (χ0n) is 17.6. The van der Waals surface area contributed by atoms with Crippen LogP contribution in [-0.4, -0.2) is 50.4 Å². The third kappa shape index (κ3) is 4.15. The van der Waals surface area contributed by atoms with Crippen molar-refractivity contribution in [3.05, 3.63) is 70.8 Å². The first kappa shape index (κ1) is 19.7. The topological polar surface area (TPSA) is 86.9 Å². The van der Waals surface area contributed by atoms with Crippen LogP contribution in [0.2, 0.25) is 0 Å². The molecule has 0 amide bonds. The van der Waals surface area contributed by atoms with Gasteiger partial charge in [0, 0.05) is 48.5 Å². The Labute approximate surface area is 180 Å². The third-order valence-electron chi connectivity index (χ3n) is 5.66. The first-order valence-electron chi connectivity index (χ1n) is 10.5. The molecule has 0 aliphatic carbocycles. The minimum atomic E-state index is -0.221. The third-order valence-corrected chi connectivity index (χ3v) is 5.66. The number of hydrogen-bond donors (Lipinski definition) is 2. The summed E-state index contributed by atoms with van der Waals surface area (Å²) >= 11 is 0. The second-order valence-electron chi connectivity index (χ2n) is 8.29. The number of aromatic amines is 2. The van der Waals surface area contributed by atoms with Crippen LogP contribution in [-0.2, 0) is 11.3 Å². The van der Waals surface area contributed by atoms with Gasteiger partial charge in [0.15, 0.2) is 0 Å². The number of H-pyrrole nitrogens is 2. The van der Waals surface area contributed by atoms with Gasteiger partial charge in [-0.3, -0.25) is 14.7 Å². The van der Waals surface area contributed by atoms with E-state index in [1.807, 2.05) is 24.3 Å². The standard InChI is InChI=1S/C24H25N5O2/c1-15-12-29(13-16(2)31-15)14-17-3-4-21-19(9-17)10-23(26-21)20-11-22(27-28-24(20)30)18-5-7-25-8-6-18/h3-11,15-16,26H,12-14H2,1-2H3,(H,28,30). The van der Waals surface area contributed by atoms with Crippen LogP contribution < -0.4 is 5.56 Å². The first-order chi connectivity index (χ1) is 15.0. The molecule has 2 N–H and O–H groups in total. The molecule has 0 bridgehead atoms. The SMILES string of the molecule is CC1CN(Cc2ccc3[nH]c(-c4cc(-c5ccncc5)n[nH]c4=O)cc3c2)CC(C)O1. The molecule has 2 unspecified atom stereocenters. The van der Waals surface area contributed by atoms with E-state index in [-0.39, 0.29) is 17.8 Å². The summed E-state index contributed by atoms with van der Waals surface area (Å²) in [5.74, 6) is 0. The molecule has 1 saturated heterocycles. The van der Waals surface area contributed by atoms with Crippen molar-refractivity contribution in [3.63, 3.8) is 0 Å². The lowest BCUT2D eigenvalue weighted by molar-refractivity contribution is -0.0704. The Morgan fingerprint density at radius 2 is 1.84 bits per heavy atom. The van der Waals surface area contributed by atoms with E-state index in [1.165, 1.54) is 5.56 Å². The molecule has 7 nitrogen and oxygen atoms in total. The van der Waals surface area contributed by atoms with E-state index in [9.17, 15) is 4.79 Å². The molecule has 1 fully saturated rings. The van der Waals surface area contributed by atoms with Crippen molar-refractivity contribution in [3.8, 4) is 22.5 Å². The Hall–Kier alpha value is -3.29. The van der Waals surface area contributed by atoms with E-state index in [4.69, 9.17) is 4.74 Å². The summed E-state index contributed by atoms with van der Waals surface area (Å²) in [6.07, 6.45) is 3.92. The number of morpholine rings is 1. The van der Waals surface area contributed by atoms with Crippen LogP contribution in [0.4, 0.5) is 0 Å². The summed E-state index contributed by atoms with van der Waals surface area (Å²) in [6.45, 7) is 7.00. The summed E-state index contributed by atoms with van der Waals surface area (Å²) in [7, 11) is 0. The van der Waals surface area contributed by atoms with Crippen LogP contribution in [0, 0.1) is 0 Å². The predicted octanol–water partition coefficient (Wildman–Crippen LogP) is 3.59. The maximum Gasteiger partial charge on any atom is 0.273 e. The van der Waals surface area contributed by atoms with E-state index >= 15 is 0 Å². The normalized spacial score (nSPS) is 19.7. The number of benzene rings is 1. The monoisotopic (exact) mass is 415 g/mol. The summed E-state index contributed by atoms with van der Waals surface area (Å²) in [6, 6.07) is 14.0. The van der Waals surface area contributed by atoms with Crippen LogP contribution in [0.1, 0.15) is 19.4 Å². The van der Waals surface area contributed by atoms with Crippen LogP contribution in [0.3, 0.4) is 0 Å². The lowest BCUT2D eigenvalue weighted by Crippen LogP contribution is -2.44. The van der Waals surface area contributed by atoms with Crippen molar-refractivity contribution >= 4 is 10.9 Å². The van der Waals surface area contributed by atoms with Crippen LogP contribution in [0.5, 0.6) is 0 Å². The quantitative estimate of drug-likeness (QED) is 0.532. The van der Waals surface area contributed by atoms with Gasteiger partial charge in [-0.05, 0) is 55.8 Å². The van der Waals surface area contributed by atoms with Crippen molar-refractivity contribution < 1.29 is 4.74 Å². The average molecular weight is 415 g/mol. The van der Waals surface area contributed by atoms with E-state index < -0.39 is 0 Å². The fourth-order valence-electron chi connectivity index (χ4n) is 4.37. The van der Waals surface area contributed by atoms with Gasteiger partial charge < -0.3 is 9.72 Å². The van der Waals surface area contributed by atoms with Gasteiger partial charge in [-0.2, -0.15) is 5.10 Å². The fourth-order valence-corrected chi connectivity index (χ4v) is 4.37. The zero-order chi connectivity index (χ0) is 21.4. The fraction of sp³-hybridized carbons (Fsp3) is 0.292. The number of hydrogen-bond acceptors (Lipinski definition) is 5. The highest BCUT2D eigenvalue weighted by molar-refractivity contribution is 5.86. The molecule has 2 atom stereocenters. The highest BCUT2D eigenvalue weighted by Gasteiger charge is 2.22. The summed E-state index contributed by atoms with van der Waals surface area (Å²) in [5, 5.41) is 7.89. The van der Waals surface area contributed by atoms with Gasteiger partial charge in [0.2, 0.25) is 0 Å². The van der Waals surface area contributed by atoms with Crippen LogP contribution in [0.25, 0.3) is 33.4 Å². The van der Waals surface area contributed by atoms with E-state index in [1.54, 1.807) is 12.4 Å². The maximum absolute atomic E-state index is 12.5. The Balaban J connectivity index is 1.45. The van der Waals surface area contributed by atoms with Gasteiger partial charge in [0.1, 0.15) is 0 Å². The number of ether oxygens (including phenoxy) is 1. The van der Waals surface area contributed by atoms with Gasteiger partial charge in [-0.15, -0.1) is 0 Å². The van der Waals surface area contributed by atoms with Gasteiger partial charge >= 0.3 is 0 Å². The largest absolute Gasteiger partial charge is 0.373 e. The lowest BCUT2D eigenvalue weighted by Gasteiger charge is -2.35. The molecule has 31 heavy (non-hydrogen) atoms. The van der Waals surface area contributed by atoms with Gasteiger partial charge in [0.05, 0.1) is 29.2 Å². The van der Waals surface area contributed by atoms with E-state index in [2.05, 4.69) is 57.1 Å². The molecule has 0 saturated carbocycles. The summed E-state index contributed by atoms with van der Waals surface area (Å²) in [5.41, 5.74) is 4.98. The van der Waals surface area contributed by atoms with Crippen molar-refractivity contribution in [2.24, 2.45) is 0 Å². The smallest absolute Gasteiger partial charge is 0.273 e. The minimum absolute atomic E-state index is 0.221. The number of nitrogens with one attached hydrogen (secondary N) is 2. The highest BCUT2D eigenvalue weighted by atomic mass is 16.5. The predicted molar refractivity (Wildman–Crippen MR) is 121 cm³/mol. The molecular formula is C24H25N5O2. The number of nitrogens with zero attached hydrogens (tertiary/aromatic N) is 3. The Morgan fingerprint density at radius 1 is 1.06 bits per heavy atom. The van der Waals surface area contributed by atoms with E-state index in [0.717, 1.165) is 41.8 Å². The number of aromatic nitrogens is 4. The summed E-state index contributed by atoms with van der Waals surface area (Å²) in [4.78, 5) is 22.4.